The number of nitrogens with zero attached hydrogens (tertiary/aromatic N) is 1. The van der Waals surface area contributed by atoms with Gasteiger partial charge in [-0.05, 0) is 23.5 Å². The number of aliphatic hydroxyl groups is 1. The van der Waals surface area contributed by atoms with Crippen molar-refractivity contribution in [3.05, 3.63) is 35.4 Å². The largest absolute Gasteiger partial charge is 0.394 e. The Kier molecular flexibility index (Phi) is 5.99. The molecule has 0 saturated heterocycles. The fraction of sp³-hybridized carbons (Fsp3) is 0.579. The third-order valence-corrected chi connectivity index (χ3v) is 4.97. The van der Waals surface area contributed by atoms with Gasteiger partial charge in [0.2, 0.25) is 5.91 Å². The molecule has 1 aromatic rings. The first-order chi connectivity index (χ1) is 11.4. The van der Waals surface area contributed by atoms with Gasteiger partial charge in [0.05, 0.1) is 12.6 Å². The molecule has 1 aliphatic rings. The SMILES string of the molecule is CC[C@H](C)[C@H](C(=O)N[C@H](CO)C(C)C)N1Cc2ccccc2C1=O. The van der Waals surface area contributed by atoms with Crippen molar-refractivity contribution in [1.29, 1.82) is 0 Å². The Morgan fingerprint density at radius 2 is 1.96 bits per heavy atom. The van der Waals surface area contributed by atoms with Crippen molar-refractivity contribution in [3.8, 4) is 0 Å². The topological polar surface area (TPSA) is 69.6 Å². The Morgan fingerprint density at radius 1 is 1.29 bits per heavy atom. The van der Waals surface area contributed by atoms with Gasteiger partial charge in [0.1, 0.15) is 6.04 Å². The van der Waals surface area contributed by atoms with E-state index in [-0.39, 0.29) is 36.3 Å². The molecule has 1 aromatic carbocycles. The van der Waals surface area contributed by atoms with Crippen molar-refractivity contribution in [2.24, 2.45) is 11.8 Å². The normalized spacial score (nSPS) is 17.6. The van der Waals surface area contributed by atoms with Crippen LogP contribution in [-0.2, 0) is 11.3 Å². The molecule has 0 saturated carbocycles. The third kappa shape index (κ3) is 3.61. The minimum atomic E-state index is -0.525. The van der Waals surface area contributed by atoms with E-state index in [0.29, 0.717) is 12.1 Å². The molecular weight excluding hydrogens is 304 g/mol. The van der Waals surface area contributed by atoms with Crippen LogP contribution in [0.3, 0.4) is 0 Å². The Hall–Kier alpha value is -1.88. The molecule has 0 aliphatic carbocycles. The summed E-state index contributed by atoms with van der Waals surface area (Å²) in [6, 6.07) is 6.68. The number of rotatable bonds is 7. The number of aliphatic hydroxyl groups excluding tert-OH is 1. The zero-order valence-corrected chi connectivity index (χ0v) is 15.0. The quantitative estimate of drug-likeness (QED) is 0.804. The van der Waals surface area contributed by atoms with Crippen LogP contribution >= 0.6 is 0 Å². The van der Waals surface area contributed by atoms with Crippen LogP contribution in [0.5, 0.6) is 0 Å². The number of fused-ring (bicyclic) bond motifs is 1. The van der Waals surface area contributed by atoms with Crippen LogP contribution in [-0.4, -0.2) is 40.5 Å². The molecule has 0 aromatic heterocycles. The predicted octanol–water partition coefficient (Wildman–Crippen LogP) is 2.19. The molecule has 132 valence electrons. The van der Waals surface area contributed by atoms with Crippen molar-refractivity contribution in [3.63, 3.8) is 0 Å². The van der Waals surface area contributed by atoms with Crippen molar-refractivity contribution in [2.45, 2.75) is 52.7 Å². The number of carbonyl (C=O) groups excluding carboxylic acids is 2. The summed E-state index contributed by atoms with van der Waals surface area (Å²) < 4.78 is 0. The molecule has 24 heavy (non-hydrogen) atoms. The molecule has 3 atom stereocenters. The van der Waals surface area contributed by atoms with Gasteiger partial charge in [0.15, 0.2) is 0 Å². The van der Waals surface area contributed by atoms with Crippen LogP contribution in [0.15, 0.2) is 24.3 Å². The first-order valence-electron chi connectivity index (χ1n) is 8.70. The molecule has 0 spiro atoms. The fourth-order valence-electron chi connectivity index (χ4n) is 3.12. The third-order valence-electron chi connectivity index (χ3n) is 4.97. The summed E-state index contributed by atoms with van der Waals surface area (Å²) in [5, 5.41) is 12.4. The molecule has 0 radical (unpaired) electrons. The van der Waals surface area contributed by atoms with Gasteiger partial charge >= 0.3 is 0 Å². The van der Waals surface area contributed by atoms with E-state index in [1.54, 1.807) is 4.90 Å². The van der Waals surface area contributed by atoms with Crippen LogP contribution < -0.4 is 5.32 Å². The molecule has 0 bridgehead atoms. The van der Waals surface area contributed by atoms with E-state index in [1.807, 2.05) is 52.0 Å². The Balaban J connectivity index is 2.24. The summed E-state index contributed by atoms with van der Waals surface area (Å²) >= 11 is 0. The van der Waals surface area contributed by atoms with E-state index in [1.165, 1.54) is 0 Å². The highest BCUT2D eigenvalue weighted by atomic mass is 16.3. The van der Waals surface area contributed by atoms with Crippen LogP contribution in [0.4, 0.5) is 0 Å². The number of amides is 2. The van der Waals surface area contributed by atoms with E-state index in [0.717, 1.165) is 12.0 Å². The van der Waals surface area contributed by atoms with E-state index in [9.17, 15) is 14.7 Å². The van der Waals surface area contributed by atoms with Crippen molar-refractivity contribution >= 4 is 11.8 Å². The van der Waals surface area contributed by atoms with Crippen molar-refractivity contribution < 1.29 is 14.7 Å². The molecule has 2 amide bonds. The molecular formula is C19H28N2O3. The number of nitrogens with one attached hydrogen (secondary N) is 1. The van der Waals surface area contributed by atoms with Gasteiger partial charge in [0.25, 0.3) is 5.91 Å². The average molecular weight is 332 g/mol. The summed E-state index contributed by atoms with van der Waals surface area (Å²) in [5.74, 6) is -0.104. The second kappa shape index (κ2) is 7.79. The molecule has 1 heterocycles. The molecule has 2 N–H and O–H groups in total. The number of carbonyl (C=O) groups is 2. The Morgan fingerprint density at radius 3 is 2.50 bits per heavy atom. The first kappa shape index (κ1) is 18.5. The first-order valence-corrected chi connectivity index (χ1v) is 8.70. The molecule has 0 fully saturated rings. The predicted molar refractivity (Wildman–Crippen MR) is 93.4 cm³/mol. The lowest BCUT2D eigenvalue weighted by Gasteiger charge is -2.33. The van der Waals surface area contributed by atoms with Crippen LogP contribution in [0.1, 0.15) is 50.0 Å². The summed E-state index contributed by atoms with van der Waals surface area (Å²) in [6.07, 6.45) is 0.795. The summed E-state index contributed by atoms with van der Waals surface area (Å²) in [4.78, 5) is 27.3. The van der Waals surface area contributed by atoms with Gasteiger partial charge in [-0.15, -0.1) is 0 Å². The smallest absolute Gasteiger partial charge is 0.255 e. The minimum Gasteiger partial charge on any atom is -0.394 e. The Labute approximate surface area is 144 Å². The molecule has 5 heteroatoms. The Bertz CT molecular complexity index is 600. The van der Waals surface area contributed by atoms with E-state index in [4.69, 9.17) is 0 Å². The zero-order valence-electron chi connectivity index (χ0n) is 15.0. The van der Waals surface area contributed by atoms with Gasteiger partial charge < -0.3 is 15.3 Å². The lowest BCUT2D eigenvalue weighted by molar-refractivity contribution is -0.128. The maximum absolute atomic E-state index is 12.9. The zero-order chi connectivity index (χ0) is 17.9. The summed E-state index contributed by atoms with van der Waals surface area (Å²) in [5.41, 5.74) is 1.65. The second-order valence-electron chi connectivity index (χ2n) is 6.96. The summed E-state index contributed by atoms with van der Waals surface area (Å²) in [7, 11) is 0. The molecule has 1 aliphatic heterocycles. The lowest BCUT2D eigenvalue weighted by atomic mass is 9.95. The van der Waals surface area contributed by atoms with Gasteiger partial charge in [-0.25, -0.2) is 0 Å². The van der Waals surface area contributed by atoms with E-state index < -0.39 is 6.04 Å². The highest BCUT2D eigenvalue weighted by molar-refractivity contribution is 6.01. The second-order valence-corrected chi connectivity index (χ2v) is 6.96. The van der Waals surface area contributed by atoms with Crippen molar-refractivity contribution in [2.75, 3.05) is 6.61 Å². The number of hydrogen-bond acceptors (Lipinski definition) is 3. The maximum atomic E-state index is 12.9. The highest BCUT2D eigenvalue weighted by Gasteiger charge is 2.39. The fourth-order valence-corrected chi connectivity index (χ4v) is 3.12. The van der Waals surface area contributed by atoms with E-state index in [2.05, 4.69) is 5.32 Å². The van der Waals surface area contributed by atoms with Crippen LogP contribution in [0.2, 0.25) is 0 Å². The van der Waals surface area contributed by atoms with Gasteiger partial charge in [-0.2, -0.15) is 0 Å². The minimum absolute atomic E-state index is 0.0368. The monoisotopic (exact) mass is 332 g/mol. The standard InChI is InChI=1S/C19H28N2O3/c1-5-13(4)17(18(23)20-16(11-22)12(2)3)21-10-14-8-6-7-9-15(14)19(21)24/h6-9,12-13,16-17,22H,5,10-11H2,1-4H3,(H,20,23)/t13-,16+,17+/m0/s1. The highest BCUT2D eigenvalue weighted by Crippen LogP contribution is 2.28. The van der Waals surface area contributed by atoms with Gasteiger partial charge in [0, 0.05) is 12.1 Å². The van der Waals surface area contributed by atoms with Gasteiger partial charge in [-0.3, -0.25) is 9.59 Å². The molecule has 0 unspecified atom stereocenters. The lowest BCUT2D eigenvalue weighted by Crippen LogP contribution is -2.54. The number of hydrogen-bond donors (Lipinski definition) is 2. The van der Waals surface area contributed by atoms with Crippen LogP contribution in [0.25, 0.3) is 0 Å². The number of benzene rings is 1. The maximum Gasteiger partial charge on any atom is 0.255 e. The van der Waals surface area contributed by atoms with E-state index >= 15 is 0 Å². The molecule has 5 nitrogen and oxygen atoms in total. The molecule has 2 rings (SSSR count). The van der Waals surface area contributed by atoms with Crippen molar-refractivity contribution in [1.82, 2.24) is 10.2 Å². The average Bonchev–Trinajstić information content (AvgIpc) is 2.89. The summed E-state index contributed by atoms with van der Waals surface area (Å²) in [6.45, 7) is 8.27. The van der Waals surface area contributed by atoms with Crippen LogP contribution in [0, 0.1) is 11.8 Å². The van der Waals surface area contributed by atoms with Gasteiger partial charge in [-0.1, -0.05) is 52.3 Å².